The molecule has 0 atom stereocenters. The minimum Gasteiger partial charge on any atom is -0.395 e. The number of aliphatic hydroxyl groups is 1. The highest BCUT2D eigenvalue weighted by atomic mass is 16.3. The third kappa shape index (κ3) is 4.33. The maximum Gasteiger partial charge on any atom is 0.278 e. The third-order valence-electron chi connectivity index (χ3n) is 6.36. The van der Waals surface area contributed by atoms with Gasteiger partial charge >= 0.3 is 0 Å². The van der Waals surface area contributed by atoms with Crippen LogP contribution in [-0.4, -0.2) is 71.0 Å². The molecule has 0 radical (unpaired) electrons. The average Bonchev–Trinajstić information content (AvgIpc) is 3.01. The zero-order valence-corrected chi connectivity index (χ0v) is 19.1. The lowest BCUT2D eigenvalue weighted by atomic mass is 9.97. The molecular formula is C26H31N3O3. The number of rotatable bonds is 6. The van der Waals surface area contributed by atoms with Crippen LogP contribution in [0.2, 0.25) is 0 Å². The van der Waals surface area contributed by atoms with Gasteiger partial charge in [-0.2, -0.15) is 0 Å². The summed E-state index contributed by atoms with van der Waals surface area (Å²) >= 11 is 0. The fourth-order valence-electron chi connectivity index (χ4n) is 4.55. The Hall–Kier alpha value is -2.96. The predicted molar refractivity (Wildman–Crippen MR) is 125 cm³/mol. The number of imide groups is 1. The lowest BCUT2D eigenvalue weighted by molar-refractivity contribution is -0.138. The first-order valence-electron chi connectivity index (χ1n) is 11.2. The zero-order valence-electron chi connectivity index (χ0n) is 19.1. The minimum atomic E-state index is -0.227. The number of benzene rings is 2. The zero-order chi connectivity index (χ0) is 22.8. The number of amides is 2. The van der Waals surface area contributed by atoms with Crippen LogP contribution in [0.1, 0.15) is 27.8 Å². The van der Waals surface area contributed by atoms with Gasteiger partial charge in [0, 0.05) is 32.7 Å². The normalized spacial score (nSPS) is 17.6. The number of carbonyl (C=O) groups is 2. The second-order valence-corrected chi connectivity index (χ2v) is 8.78. The van der Waals surface area contributed by atoms with Gasteiger partial charge in [0.05, 0.1) is 18.7 Å². The Bertz CT molecular complexity index is 1050. The number of aryl methyl sites for hydroxylation is 3. The van der Waals surface area contributed by atoms with E-state index in [1.165, 1.54) is 4.90 Å². The van der Waals surface area contributed by atoms with E-state index < -0.39 is 0 Å². The van der Waals surface area contributed by atoms with Crippen LogP contribution in [0.3, 0.4) is 0 Å². The van der Waals surface area contributed by atoms with E-state index in [0.717, 1.165) is 40.9 Å². The van der Waals surface area contributed by atoms with E-state index in [9.17, 15) is 14.7 Å². The summed E-state index contributed by atoms with van der Waals surface area (Å²) in [6.07, 6.45) is 0. The van der Waals surface area contributed by atoms with Crippen LogP contribution < -0.4 is 0 Å². The van der Waals surface area contributed by atoms with Crippen molar-refractivity contribution in [3.8, 4) is 0 Å². The van der Waals surface area contributed by atoms with Crippen molar-refractivity contribution in [3.05, 3.63) is 76.0 Å². The number of aliphatic hydroxyl groups excluding tert-OH is 1. The van der Waals surface area contributed by atoms with Gasteiger partial charge in [0.15, 0.2) is 0 Å². The molecule has 0 bridgehead atoms. The lowest BCUT2D eigenvalue weighted by Crippen LogP contribution is -2.48. The van der Waals surface area contributed by atoms with E-state index in [-0.39, 0.29) is 25.0 Å². The molecule has 2 aromatic carbocycles. The van der Waals surface area contributed by atoms with Crippen LogP contribution in [0.25, 0.3) is 5.57 Å². The Balaban J connectivity index is 1.70. The van der Waals surface area contributed by atoms with E-state index in [4.69, 9.17) is 0 Å². The minimum absolute atomic E-state index is 0.123. The van der Waals surface area contributed by atoms with Crippen molar-refractivity contribution in [3.63, 3.8) is 0 Å². The average molecular weight is 434 g/mol. The summed E-state index contributed by atoms with van der Waals surface area (Å²) in [4.78, 5) is 32.8. The second kappa shape index (κ2) is 9.27. The molecule has 32 heavy (non-hydrogen) atoms. The highest BCUT2D eigenvalue weighted by molar-refractivity contribution is 6.35. The smallest absolute Gasteiger partial charge is 0.278 e. The van der Waals surface area contributed by atoms with Crippen LogP contribution in [0.4, 0.5) is 0 Å². The molecule has 1 fully saturated rings. The van der Waals surface area contributed by atoms with Gasteiger partial charge in [-0.15, -0.1) is 0 Å². The van der Waals surface area contributed by atoms with Crippen LogP contribution in [0.5, 0.6) is 0 Å². The first-order valence-corrected chi connectivity index (χ1v) is 11.2. The van der Waals surface area contributed by atoms with E-state index in [0.29, 0.717) is 30.9 Å². The molecule has 2 aliphatic rings. The summed E-state index contributed by atoms with van der Waals surface area (Å²) in [7, 11) is 0. The van der Waals surface area contributed by atoms with E-state index >= 15 is 0 Å². The molecule has 0 spiro atoms. The largest absolute Gasteiger partial charge is 0.395 e. The summed E-state index contributed by atoms with van der Waals surface area (Å²) in [5, 5.41) is 9.24. The summed E-state index contributed by atoms with van der Waals surface area (Å²) in [6, 6.07) is 13.9. The first kappa shape index (κ1) is 22.2. The van der Waals surface area contributed by atoms with Crippen molar-refractivity contribution >= 4 is 17.4 Å². The quantitative estimate of drug-likeness (QED) is 0.710. The van der Waals surface area contributed by atoms with Crippen LogP contribution >= 0.6 is 0 Å². The molecule has 0 aliphatic carbocycles. The number of carbonyl (C=O) groups excluding carboxylic acids is 2. The van der Waals surface area contributed by atoms with Gasteiger partial charge in [0.25, 0.3) is 11.8 Å². The number of hydrogen-bond donors (Lipinski definition) is 1. The molecule has 2 aromatic rings. The second-order valence-electron chi connectivity index (χ2n) is 8.78. The molecule has 4 rings (SSSR count). The van der Waals surface area contributed by atoms with Gasteiger partial charge in [0.2, 0.25) is 0 Å². The molecule has 6 heteroatoms. The van der Waals surface area contributed by atoms with Crippen molar-refractivity contribution < 1.29 is 14.7 Å². The van der Waals surface area contributed by atoms with E-state index in [1.807, 2.05) is 57.2 Å². The Kier molecular flexibility index (Phi) is 6.44. The number of piperazine rings is 1. The number of nitrogens with zero attached hydrogens (tertiary/aromatic N) is 3. The fraction of sp³-hybridized carbons (Fsp3) is 0.385. The van der Waals surface area contributed by atoms with Crippen molar-refractivity contribution in [2.75, 3.05) is 39.3 Å². The number of hydrogen-bond acceptors (Lipinski definition) is 5. The van der Waals surface area contributed by atoms with E-state index in [2.05, 4.69) is 15.9 Å². The highest BCUT2D eigenvalue weighted by Gasteiger charge is 2.42. The highest BCUT2D eigenvalue weighted by Crippen LogP contribution is 2.34. The van der Waals surface area contributed by atoms with Gasteiger partial charge in [-0.1, -0.05) is 53.6 Å². The topological polar surface area (TPSA) is 64.1 Å². The molecule has 1 saturated heterocycles. The van der Waals surface area contributed by atoms with Crippen LogP contribution in [0.15, 0.2) is 48.2 Å². The monoisotopic (exact) mass is 433 g/mol. The maximum atomic E-state index is 13.6. The third-order valence-corrected chi connectivity index (χ3v) is 6.36. The molecule has 2 aliphatic heterocycles. The van der Waals surface area contributed by atoms with Gasteiger partial charge in [-0.05, 0) is 37.5 Å². The Morgan fingerprint density at radius 1 is 0.844 bits per heavy atom. The van der Waals surface area contributed by atoms with Crippen molar-refractivity contribution in [1.29, 1.82) is 0 Å². The summed E-state index contributed by atoms with van der Waals surface area (Å²) in [5.41, 5.74) is 6.05. The van der Waals surface area contributed by atoms with Crippen LogP contribution in [0, 0.1) is 20.8 Å². The Morgan fingerprint density at radius 2 is 1.50 bits per heavy atom. The molecule has 0 unspecified atom stereocenters. The molecule has 2 amide bonds. The molecule has 2 heterocycles. The summed E-state index contributed by atoms with van der Waals surface area (Å²) in [6.45, 7) is 9.87. The molecule has 1 N–H and O–H groups in total. The summed E-state index contributed by atoms with van der Waals surface area (Å²) in [5.74, 6) is -0.448. The van der Waals surface area contributed by atoms with Crippen molar-refractivity contribution in [2.45, 2.75) is 27.3 Å². The van der Waals surface area contributed by atoms with Crippen molar-refractivity contribution in [1.82, 2.24) is 14.7 Å². The Labute approximate surface area is 189 Å². The van der Waals surface area contributed by atoms with E-state index in [1.54, 1.807) is 0 Å². The first-order chi connectivity index (χ1) is 15.4. The SMILES string of the molecule is Cc1ccc(CN2C(=O)C(c3ccc(C)cc3C)=C(N3CCN(CCO)CC3)C2=O)cc1. The predicted octanol–water partition coefficient (Wildman–Crippen LogP) is 2.50. The van der Waals surface area contributed by atoms with Gasteiger partial charge in [0.1, 0.15) is 5.70 Å². The molecule has 6 nitrogen and oxygen atoms in total. The van der Waals surface area contributed by atoms with Gasteiger partial charge < -0.3 is 10.0 Å². The Morgan fingerprint density at radius 3 is 2.12 bits per heavy atom. The fourth-order valence-corrected chi connectivity index (χ4v) is 4.55. The molecular weight excluding hydrogens is 402 g/mol. The van der Waals surface area contributed by atoms with Crippen molar-refractivity contribution in [2.24, 2.45) is 0 Å². The lowest BCUT2D eigenvalue weighted by Gasteiger charge is -2.36. The molecule has 0 saturated carbocycles. The molecule has 0 aromatic heterocycles. The number of β-amino-alcohol motifs (C(OH)–C–C–N with tert-alkyl or cyclic N) is 1. The standard InChI is InChI=1S/C26H31N3O3/c1-18-4-7-21(8-5-18)17-29-25(31)23(22-9-6-19(2)16-20(22)3)24(26(29)32)28-12-10-27(11-13-28)14-15-30/h4-9,16,30H,10-15,17H2,1-3H3. The maximum absolute atomic E-state index is 13.6. The summed E-state index contributed by atoms with van der Waals surface area (Å²) < 4.78 is 0. The molecule has 168 valence electrons. The van der Waals surface area contributed by atoms with Gasteiger partial charge in [-0.25, -0.2) is 0 Å². The van der Waals surface area contributed by atoms with Gasteiger partial charge in [-0.3, -0.25) is 19.4 Å². The van der Waals surface area contributed by atoms with Crippen LogP contribution in [-0.2, 0) is 16.1 Å².